The Bertz CT molecular complexity index is 348. The van der Waals surface area contributed by atoms with E-state index in [2.05, 4.69) is 10.3 Å². The molecule has 0 saturated carbocycles. The van der Waals surface area contributed by atoms with Gasteiger partial charge in [0.2, 0.25) is 0 Å². The molecule has 0 fully saturated rings. The fourth-order valence-electron chi connectivity index (χ4n) is 1.40. The zero-order valence-corrected chi connectivity index (χ0v) is 10.0. The third-order valence-electron chi connectivity index (χ3n) is 2.51. The molecule has 0 amide bonds. The largest absolute Gasteiger partial charge is 0.405 e. The number of nitrogens with one attached hydrogen (secondary N) is 1. The molecule has 1 rings (SSSR count). The molecule has 1 unspecified atom stereocenters. The number of pyridine rings is 1. The molecule has 1 heterocycles. The summed E-state index contributed by atoms with van der Waals surface area (Å²) in [5.74, 6) is 0.314. The van der Waals surface area contributed by atoms with Crippen molar-refractivity contribution in [1.29, 1.82) is 0 Å². The van der Waals surface area contributed by atoms with Crippen LogP contribution < -0.4 is 10.2 Å². The van der Waals surface area contributed by atoms with Crippen LogP contribution in [0.4, 0.5) is 19.0 Å². The molecule has 0 bridgehead atoms. The first-order valence-electron chi connectivity index (χ1n) is 5.24. The highest BCUT2D eigenvalue weighted by molar-refractivity contribution is 5.39. The van der Waals surface area contributed by atoms with Gasteiger partial charge in [-0.1, -0.05) is 6.07 Å². The normalized spacial score (nSPS) is 13.5. The van der Waals surface area contributed by atoms with E-state index in [0.717, 1.165) is 10.5 Å². The summed E-state index contributed by atoms with van der Waals surface area (Å²) in [6.07, 6.45) is -2.63. The van der Waals surface area contributed by atoms with Gasteiger partial charge in [0.05, 0.1) is 0 Å². The lowest BCUT2D eigenvalue weighted by molar-refractivity contribution is -0.119. The van der Waals surface area contributed by atoms with Gasteiger partial charge in [-0.2, -0.15) is 13.2 Å². The molecule has 3 nitrogen and oxygen atoms in total. The highest BCUT2D eigenvalue weighted by Crippen LogP contribution is 2.20. The number of hydrogen-bond acceptors (Lipinski definition) is 3. The number of anilines is 1. The van der Waals surface area contributed by atoms with E-state index in [1.54, 1.807) is 18.3 Å². The fraction of sp³-hybridized carbons (Fsp3) is 0.545. The van der Waals surface area contributed by atoms with E-state index in [-0.39, 0.29) is 6.04 Å². The first kappa shape index (κ1) is 13.8. The Hall–Kier alpha value is -1.30. The Balaban J connectivity index is 2.74. The summed E-state index contributed by atoms with van der Waals surface area (Å²) in [4.78, 5) is 5.09. The van der Waals surface area contributed by atoms with E-state index < -0.39 is 12.7 Å². The predicted molar refractivity (Wildman–Crippen MR) is 61.0 cm³/mol. The van der Waals surface area contributed by atoms with Gasteiger partial charge in [0.15, 0.2) is 0 Å². The van der Waals surface area contributed by atoms with E-state index in [1.807, 2.05) is 14.0 Å². The lowest BCUT2D eigenvalue weighted by atomic mass is 10.1. The van der Waals surface area contributed by atoms with Crippen molar-refractivity contribution in [3.8, 4) is 0 Å². The van der Waals surface area contributed by atoms with Crippen molar-refractivity contribution in [3.63, 3.8) is 0 Å². The number of rotatable bonds is 4. The summed E-state index contributed by atoms with van der Waals surface area (Å²) in [6.45, 7) is 0.955. The monoisotopic (exact) mass is 247 g/mol. The second-order valence-electron chi connectivity index (χ2n) is 3.93. The predicted octanol–water partition coefficient (Wildman–Crippen LogP) is 2.36. The van der Waals surface area contributed by atoms with Crippen LogP contribution >= 0.6 is 0 Å². The van der Waals surface area contributed by atoms with Crippen LogP contribution in [0.5, 0.6) is 0 Å². The van der Waals surface area contributed by atoms with Crippen molar-refractivity contribution in [3.05, 3.63) is 23.9 Å². The third kappa shape index (κ3) is 4.22. The second kappa shape index (κ2) is 5.35. The maximum Gasteiger partial charge on any atom is 0.405 e. The standard InChI is InChI=1S/C11H16F3N3/c1-8(15-2)9-4-5-10(16-6-9)17(3)7-11(12,13)14/h4-6,8,15H,7H2,1-3H3. The number of halogens is 3. The van der Waals surface area contributed by atoms with Gasteiger partial charge in [-0.05, 0) is 25.6 Å². The molecule has 0 radical (unpaired) electrons. The summed E-state index contributed by atoms with van der Waals surface area (Å²) in [5.41, 5.74) is 0.941. The summed E-state index contributed by atoms with van der Waals surface area (Å²) < 4.78 is 36.5. The zero-order chi connectivity index (χ0) is 13.1. The molecule has 0 spiro atoms. The number of nitrogens with zero attached hydrogens (tertiary/aromatic N) is 2. The van der Waals surface area contributed by atoms with E-state index in [1.165, 1.54) is 7.05 Å². The van der Waals surface area contributed by atoms with Gasteiger partial charge in [0.25, 0.3) is 0 Å². The topological polar surface area (TPSA) is 28.2 Å². The maximum absolute atomic E-state index is 12.2. The second-order valence-corrected chi connectivity index (χ2v) is 3.93. The van der Waals surface area contributed by atoms with Gasteiger partial charge in [-0.15, -0.1) is 0 Å². The molecule has 0 aliphatic heterocycles. The number of alkyl halides is 3. The summed E-state index contributed by atoms with van der Waals surface area (Å²) >= 11 is 0. The molecule has 1 atom stereocenters. The minimum absolute atomic E-state index is 0.129. The van der Waals surface area contributed by atoms with Gasteiger partial charge < -0.3 is 10.2 Å². The number of hydrogen-bond donors (Lipinski definition) is 1. The van der Waals surface area contributed by atoms with Crippen LogP contribution in [-0.4, -0.2) is 31.8 Å². The molecular formula is C11H16F3N3. The van der Waals surface area contributed by atoms with Crippen molar-refractivity contribution in [1.82, 2.24) is 10.3 Å². The van der Waals surface area contributed by atoms with Crippen molar-refractivity contribution in [2.45, 2.75) is 19.1 Å². The molecule has 0 saturated heterocycles. The van der Waals surface area contributed by atoms with Crippen molar-refractivity contribution in [2.75, 3.05) is 25.5 Å². The van der Waals surface area contributed by atoms with Crippen LogP contribution in [-0.2, 0) is 0 Å². The molecule has 17 heavy (non-hydrogen) atoms. The van der Waals surface area contributed by atoms with Gasteiger partial charge in [0.1, 0.15) is 12.4 Å². The number of aromatic nitrogens is 1. The average molecular weight is 247 g/mol. The Kier molecular flexibility index (Phi) is 4.34. The molecule has 96 valence electrons. The van der Waals surface area contributed by atoms with E-state index >= 15 is 0 Å². The van der Waals surface area contributed by atoms with Crippen LogP contribution in [0.25, 0.3) is 0 Å². The summed E-state index contributed by atoms with van der Waals surface area (Å²) in [6, 6.07) is 3.50. The van der Waals surface area contributed by atoms with Crippen molar-refractivity contribution >= 4 is 5.82 Å². The Morgan fingerprint density at radius 1 is 1.41 bits per heavy atom. The van der Waals surface area contributed by atoms with Crippen molar-refractivity contribution < 1.29 is 13.2 Å². The molecule has 0 aliphatic rings. The smallest absolute Gasteiger partial charge is 0.351 e. The summed E-state index contributed by atoms with van der Waals surface area (Å²) in [7, 11) is 3.19. The summed E-state index contributed by atoms with van der Waals surface area (Å²) in [5, 5.41) is 3.03. The molecule has 1 N–H and O–H groups in total. The van der Waals surface area contributed by atoms with Crippen LogP contribution in [0.2, 0.25) is 0 Å². The minimum Gasteiger partial charge on any atom is -0.351 e. The minimum atomic E-state index is -4.21. The Labute approximate surface area is 98.6 Å². The first-order valence-corrected chi connectivity index (χ1v) is 5.24. The zero-order valence-electron chi connectivity index (χ0n) is 10.0. The van der Waals surface area contributed by atoms with Crippen LogP contribution in [0.3, 0.4) is 0 Å². The highest BCUT2D eigenvalue weighted by atomic mass is 19.4. The Morgan fingerprint density at radius 2 is 2.06 bits per heavy atom. The van der Waals surface area contributed by atoms with Gasteiger partial charge in [-0.3, -0.25) is 0 Å². The van der Waals surface area contributed by atoms with Crippen LogP contribution in [0.15, 0.2) is 18.3 Å². The van der Waals surface area contributed by atoms with E-state index in [9.17, 15) is 13.2 Å². The SMILES string of the molecule is CNC(C)c1ccc(N(C)CC(F)(F)F)nc1. The van der Waals surface area contributed by atoms with Crippen molar-refractivity contribution in [2.24, 2.45) is 0 Å². The van der Waals surface area contributed by atoms with E-state index in [4.69, 9.17) is 0 Å². The lowest BCUT2D eigenvalue weighted by Gasteiger charge is -2.20. The third-order valence-corrected chi connectivity index (χ3v) is 2.51. The quantitative estimate of drug-likeness (QED) is 0.885. The fourth-order valence-corrected chi connectivity index (χ4v) is 1.40. The lowest BCUT2D eigenvalue weighted by Crippen LogP contribution is -2.31. The van der Waals surface area contributed by atoms with Crippen LogP contribution in [0.1, 0.15) is 18.5 Å². The molecular weight excluding hydrogens is 231 g/mol. The van der Waals surface area contributed by atoms with E-state index in [0.29, 0.717) is 5.82 Å². The average Bonchev–Trinajstić information content (AvgIpc) is 2.26. The molecule has 6 heteroatoms. The molecule has 0 aliphatic carbocycles. The van der Waals surface area contributed by atoms with Gasteiger partial charge >= 0.3 is 6.18 Å². The van der Waals surface area contributed by atoms with Gasteiger partial charge in [0, 0.05) is 19.3 Å². The highest BCUT2D eigenvalue weighted by Gasteiger charge is 2.29. The molecule has 0 aromatic carbocycles. The molecule has 1 aromatic heterocycles. The Morgan fingerprint density at radius 3 is 2.47 bits per heavy atom. The van der Waals surface area contributed by atoms with Gasteiger partial charge in [-0.25, -0.2) is 4.98 Å². The first-order chi connectivity index (χ1) is 7.83. The molecule has 1 aromatic rings. The maximum atomic E-state index is 12.2. The van der Waals surface area contributed by atoms with Crippen LogP contribution in [0, 0.1) is 0 Å².